The zero-order valence-corrected chi connectivity index (χ0v) is 21.1. The molecule has 3 saturated heterocycles. The molecule has 3 fully saturated rings. The molecule has 0 radical (unpaired) electrons. The van der Waals surface area contributed by atoms with E-state index in [0.29, 0.717) is 18.4 Å². The summed E-state index contributed by atoms with van der Waals surface area (Å²) in [6, 6.07) is -1.21. The maximum atomic E-state index is 13.5. The summed E-state index contributed by atoms with van der Waals surface area (Å²) in [4.78, 5) is 15.5. The number of alkyl halides is 1. The predicted octanol–water partition coefficient (Wildman–Crippen LogP) is 0.651. The summed E-state index contributed by atoms with van der Waals surface area (Å²) in [6.45, 7) is 7.62. The molecule has 0 aromatic rings. The minimum absolute atomic E-state index is 0.196. The first kappa shape index (κ1) is 26.5. The Morgan fingerprint density at radius 2 is 1.88 bits per heavy atom. The Morgan fingerprint density at radius 1 is 1.19 bits per heavy atom. The minimum Gasteiger partial charge on any atom is -0.388 e. The van der Waals surface area contributed by atoms with Crippen LogP contribution in [0.5, 0.6) is 0 Å². The van der Waals surface area contributed by atoms with E-state index in [1.165, 1.54) is 11.8 Å². The topological polar surface area (TPSA) is 111 Å². The van der Waals surface area contributed by atoms with Crippen LogP contribution in [0, 0.1) is 17.8 Å². The lowest BCUT2D eigenvalue weighted by molar-refractivity contribution is -0.205. The van der Waals surface area contributed by atoms with Gasteiger partial charge in [-0.1, -0.05) is 13.8 Å². The molecule has 0 saturated carbocycles. The largest absolute Gasteiger partial charge is 0.388 e. The fraction of sp³-hybridized carbons (Fsp3) is 0.955. The van der Waals surface area contributed by atoms with Crippen molar-refractivity contribution in [3.8, 4) is 0 Å². The third kappa shape index (κ3) is 5.40. The molecule has 0 aromatic heterocycles. The number of carbonyl (C=O) groups excluding carboxylic acids is 1. The van der Waals surface area contributed by atoms with Gasteiger partial charge in [-0.25, -0.2) is 0 Å². The van der Waals surface area contributed by atoms with E-state index in [2.05, 4.69) is 19.2 Å². The van der Waals surface area contributed by atoms with Crippen LogP contribution >= 0.6 is 23.4 Å². The van der Waals surface area contributed by atoms with Crippen molar-refractivity contribution in [3.05, 3.63) is 0 Å². The molecular formula is C22H39ClN2O6S. The lowest BCUT2D eigenvalue weighted by Crippen LogP contribution is -2.65. The number of likely N-dealkylation sites (N-methyl/N-ethyl adjacent to an activating group) is 1. The molecule has 3 aliphatic heterocycles. The molecular weight excluding hydrogens is 456 g/mol. The molecule has 4 N–H and O–H groups in total. The van der Waals surface area contributed by atoms with Crippen LogP contribution in [0.1, 0.15) is 33.6 Å². The highest BCUT2D eigenvalue weighted by Gasteiger charge is 2.50. The van der Waals surface area contributed by atoms with E-state index in [1.807, 2.05) is 11.9 Å². The summed E-state index contributed by atoms with van der Waals surface area (Å²) in [6.07, 6.45) is -1.36. The highest BCUT2D eigenvalue weighted by atomic mass is 35.5. The van der Waals surface area contributed by atoms with Gasteiger partial charge in [0.05, 0.1) is 17.5 Å². The van der Waals surface area contributed by atoms with Crippen molar-refractivity contribution < 1.29 is 29.6 Å². The molecule has 3 rings (SSSR count). The third-order valence-electron chi connectivity index (χ3n) is 7.39. The molecule has 0 aliphatic carbocycles. The van der Waals surface area contributed by atoms with Gasteiger partial charge in [-0.2, -0.15) is 0 Å². The molecule has 186 valence electrons. The summed E-state index contributed by atoms with van der Waals surface area (Å²) in [5, 5.41) is 33.5. The van der Waals surface area contributed by atoms with Crippen LogP contribution in [0.3, 0.4) is 0 Å². The van der Waals surface area contributed by atoms with Crippen molar-refractivity contribution in [2.24, 2.45) is 17.8 Å². The van der Waals surface area contributed by atoms with Crippen LogP contribution in [0.4, 0.5) is 0 Å². The number of ether oxygens (including phenoxy) is 2. The second-order valence-electron chi connectivity index (χ2n) is 9.90. The Hall–Kier alpha value is -0.130. The van der Waals surface area contributed by atoms with Crippen LogP contribution < -0.4 is 5.32 Å². The number of thioether (sulfide) groups is 1. The smallest absolute Gasteiger partial charge is 0.240 e. The number of aliphatic hydroxyl groups excluding tert-OH is 3. The molecule has 1 amide bonds. The lowest BCUT2D eigenvalue weighted by Gasteiger charge is -2.44. The number of hydrogen-bond donors (Lipinski definition) is 4. The maximum absolute atomic E-state index is 13.5. The third-order valence-corrected chi connectivity index (χ3v) is 8.51. The molecule has 3 heterocycles. The number of rotatable bonds is 6. The maximum Gasteiger partial charge on any atom is 0.240 e. The van der Waals surface area contributed by atoms with E-state index in [1.54, 1.807) is 13.2 Å². The van der Waals surface area contributed by atoms with Gasteiger partial charge in [0.2, 0.25) is 5.91 Å². The number of nitrogens with one attached hydrogen (secondary N) is 1. The first-order valence-corrected chi connectivity index (χ1v) is 13.3. The predicted molar refractivity (Wildman–Crippen MR) is 125 cm³/mol. The van der Waals surface area contributed by atoms with Crippen molar-refractivity contribution in [1.82, 2.24) is 10.2 Å². The summed E-state index contributed by atoms with van der Waals surface area (Å²) >= 11 is 7.65. The van der Waals surface area contributed by atoms with Crippen molar-refractivity contribution in [1.29, 1.82) is 0 Å². The Balaban J connectivity index is 1.75. The average Bonchev–Trinajstić information content (AvgIpc) is 2.90. The van der Waals surface area contributed by atoms with Crippen molar-refractivity contribution in [2.45, 2.75) is 87.0 Å². The number of likely N-dealkylation sites (tertiary alicyclic amines) is 1. The van der Waals surface area contributed by atoms with E-state index in [9.17, 15) is 20.1 Å². The molecule has 0 spiro atoms. The number of amides is 1. The van der Waals surface area contributed by atoms with Crippen LogP contribution in [0.15, 0.2) is 0 Å². The van der Waals surface area contributed by atoms with E-state index < -0.39 is 47.3 Å². The van der Waals surface area contributed by atoms with Crippen molar-refractivity contribution in [2.75, 3.05) is 26.5 Å². The van der Waals surface area contributed by atoms with Gasteiger partial charge in [-0.05, 0) is 44.9 Å². The molecule has 10 heteroatoms. The summed E-state index contributed by atoms with van der Waals surface area (Å²) in [5.74, 6) is 1.22. The quantitative estimate of drug-likeness (QED) is 0.398. The van der Waals surface area contributed by atoms with E-state index in [-0.39, 0.29) is 17.9 Å². The molecule has 0 bridgehead atoms. The van der Waals surface area contributed by atoms with Crippen LogP contribution in [0.25, 0.3) is 0 Å². The van der Waals surface area contributed by atoms with Gasteiger partial charge < -0.3 is 30.1 Å². The minimum atomic E-state index is -1.39. The number of fused-ring (bicyclic) bond motifs is 1. The van der Waals surface area contributed by atoms with Gasteiger partial charge in [0.15, 0.2) is 0 Å². The summed E-state index contributed by atoms with van der Waals surface area (Å²) in [5.41, 5.74) is -0.732. The first-order valence-electron chi connectivity index (χ1n) is 11.6. The molecule has 0 aromatic carbocycles. The Kier molecular flexibility index (Phi) is 9.16. The lowest BCUT2D eigenvalue weighted by atomic mass is 9.83. The normalized spacial score (nSPS) is 42.9. The number of halogens is 1. The first-order chi connectivity index (χ1) is 15.1. The fourth-order valence-corrected chi connectivity index (χ4v) is 6.31. The highest BCUT2D eigenvalue weighted by molar-refractivity contribution is 7.99. The van der Waals surface area contributed by atoms with Crippen molar-refractivity contribution in [3.63, 3.8) is 0 Å². The van der Waals surface area contributed by atoms with Crippen LogP contribution in [-0.2, 0) is 14.3 Å². The van der Waals surface area contributed by atoms with Crippen molar-refractivity contribution >= 4 is 29.3 Å². The second-order valence-corrected chi connectivity index (χ2v) is 11.5. The van der Waals surface area contributed by atoms with E-state index >= 15 is 0 Å². The zero-order chi connectivity index (χ0) is 23.7. The summed E-state index contributed by atoms with van der Waals surface area (Å²) < 4.78 is 12.1. The van der Waals surface area contributed by atoms with Gasteiger partial charge >= 0.3 is 0 Å². The molecule has 8 nitrogen and oxygen atoms in total. The van der Waals surface area contributed by atoms with Gasteiger partial charge in [-0.15, -0.1) is 23.4 Å². The van der Waals surface area contributed by atoms with E-state index in [4.69, 9.17) is 21.1 Å². The van der Waals surface area contributed by atoms with Gasteiger partial charge in [-0.3, -0.25) is 9.69 Å². The van der Waals surface area contributed by atoms with Gasteiger partial charge in [0.25, 0.3) is 0 Å². The SMILES string of the molecule is CSC1OC([C@H](NC(=O)[C@@H]2[C@@H]3OCCC(C(C)C)C[C@H]3CN2C)[C@H](C)Cl)C(O)C(O)C1O. The van der Waals surface area contributed by atoms with Gasteiger partial charge in [0, 0.05) is 19.1 Å². The molecule has 32 heavy (non-hydrogen) atoms. The number of nitrogens with zero attached hydrogens (tertiary/aromatic N) is 1. The molecule has 11 atom stereocenters. The average molecular weight is 495 g/mol. The van der Waals surface area contributed by atoms with Gasteiger partial charge in [0.1, 0.15) is 35.9 Å². The Labute approximate surface area is 200 Å². The molecule has 3 aliphatic rings. The zero-order valence-electron chi connectivity index (χ0n) is 19.6. The Morgan fingerprint density at radius 3 is 2.47 bits per heavy atom. The fourth-order valence-electron chi connectivity index (χ4n) is 5.42. The van der Waals surface area contributed by atoms with Crippen LogP contribution in [0.2, 0.25) is 0 Å². The monoisotopic (exact) mass is 494 g/mol. The second kappa shape index (κ2) is 11.1. The van der Waals surface area contributed by atoms with Crippen LogP contribution in [-0.4, -0.2) is 106 Å². The number of aliphatic hydroxyl groups is 3. The molecule has 6 unspecified atom stereocenters. The summed E-state index contributed by atoms with van der Waals surface area (Å²) in [7, 11) is 1.93. The number of hydrogen-bond acceptors (Lipinski definition) is 8. The standard InChI is InChI=1S/C22H39ClN2O6S/c1-10(2)12-6-7-30-19-13(8-12)9-25(4)15(19)21(29)24-14(11(3)23)20-17(27)16(26)18(28)22(31-20)32-5/h10-20,22,26-28H,6-9H2,1-5H3,(H,24,29)/t11-,12?,13-,14+,15-,16?,17?,18?,19+,20?,22?/m0/s1. The van der Waals surface area contributed by atoms with E-state index in [0.717, 1.165) is 19.4 Å². The highest BCUT2D eigenvalue weighted by Crippen LogP contribution is 2.37. The number of carbonyl (C=O) groups is 1. The Bertz CT molecular complexity index is 642.